The van der Waals surface area contributed by atoms with Crippen molar-refractivity contribution in [2.75, 3.05) is 13.1 Å². The molecule has 128 valence electrons. The molecule has 0 aliphatic carbocycles. The van der Waals surface area contributed by atoms with Gasteiger partial charge < -0.3 is 4.90 Å². The van der Waals surface area contributed by atoms with E-state index in [9.17, 15) is 22.4 Å². The van der Waals surface area contributed by atoms with Crippen LogP contribution in [0.25, 0.3) is 0 Å². The van der Waals surface area contributed by atoms with Gasteiger partial charge in [-0.2, -0.15) is 5.10 Å². The van der Waals surface area contributed by atoms with E-state index in [1.807, 2.05) is 0 Å². The molecule has 24 heavy (non-hydrogen) atoms. The minimum Gasteiger partial charge on any atom is -0.337 e. The number of nitrogens with one attached hydrogen (secondary N) is 1. The highest BCUT2D eigenvalue weighted by atomic mass is 19.3. The number of halogens is 4. The second-order valence-electron chi connectivity index (χ2n) is 5.90. The first-order chi connectivity index (χ1) is 11.4. The van der Waals surface area contributed by atoms with Gasteiger partial charge in [0.2, 0.25) is 0 Å². The smallest absolute Gasteiger partial charge is 0.279 e. The molecule has 1 unspecified atom stereocenters. The lowest BCUT2D eigenvalue weighted by Crippen LogP contribution is -2.29. The van der Waals surface area contributed by atoms with Gasteiger partial charge in [-0.05, 0) is 42.5 Å². The van der Waals surface area contributed by atoms with Gasteiger partial charge in [-0.15, -0.1) is 0 Å². The summed E-state index contributed by atoms with van der Waals surface area (Å²) in [6, 6.07) is 4.40. The molecule has 0 radical (unpaired) electrons. The van der Waals surface area contributed by atoms with Gasteiger partial charge in [0, 0.05) is 19.2 Å². The summed E-state index contributed by atoms with van der Waals surface area (Å²) in [6.07, 6.45) is -1.59. The molecule has 1 aromatic heterocycles. The molecule has 0 bridgehead atoms. The molecule has 1 aliphatic heterocycles. The fourth-order valence-corrected chi connectivity index (χ4v) is 2.97. The molecule has 2 heterocycles. The summed E-state index contributed by atoms with van der Waals surface area (Å²) in [5, 5.41) is 5.76. The highest BCUT2D eigenvalue weighted by Crippen LogP contribution is 2.24. The SMILES string of the molecule is O=C(c1cc(C(F)F)[nH]n1)N1CCC(Cc2cc(F)cc(F)c2)C1. The van der Waals surface area contributed by atoms with E-state index >= 15 is 0 Å². The van der Waals surface area contributed by atoms with Crippen LogP contribution < -0.4 is 0 Å². The molecule has 1 fully saturated rings. The van der Waals surface area contributed by atoms with Crippen LogP contribution >= 0.6 is 0 Å². The van der Waals surface area contributed by atoms with Crippen LogP contribution in [0.4, 0.5) is 17.6 Å². The Balaban J connectivity index is 1.63. The summed E-state index contributed by atoms with van der Waals surface area (Å²) < 4.78 is 51.5. The number of carbonyl (C=O) groups is 1. The maximum atomic E-state index is 13.2. The number of likely N-dealkylation sites (tertiary alicyclic amines) is 1. The maximum Gasteiger partial charge on any atom is 0.279 e. The lowest BCUT2D eigenvalue weighted by Gasteiger charge is -2.15. The molecule has 4 nitrogen and oxygen atoms in total. The number of carbonyl (C=O) groups excluding carboxylic acids is 1. The highest BCUT2D eigenvalue weighted by Gasteiger charge is 2.29. The van der Waals surface area contributed by atoms with Gasteiger partial charge in [0.15, 0.2) is 5.69 Å². The number of benzene rings is 1. The number of alkyl halides is 2. The first kappa shape index (κ1) is 16.5. The molecule has 1 aromatic carbocycles. The molecule has 1 amide bonds. The number of nitrogens with zero attached hydrogens (tertiary/aromatic N) is 2. The van der Waals surface area contributed by atoms with Crippen LogP contribution in [0.1, 0.15) is 34.6 Å². The molecule has 8 heteroatoms. The summed E-state index contributed by atoms with van der Waals surface area (Å²) in [5.74, 6) is -1.63. The van der Waals surface area contributed by atoms with Gasteiger partial charge >= 0.3 is 0 Å². The topological polar surface area (TPSA) is 49.0 Å². The van der Waals surface area contributed by atoms with Gasteiger partial charge in [0.05, 0.1) is 0 Å². The van der Waals surface area contributed by atoms with Crippen LogP contribution in [0.5, 0.6) is 0 Å². The Labute approximate surface area is 135 Å². The Morgan fingerprint density at radius 2 is 1.96 bits per heavy atom. The fourth-order valence-electron chi connectivity index (χ4n) is 2.97. The second-order valence-corrected chi connectivity index (χ2v) is 5.90. The monoisotopic (exact) mass is 341 g/mol. The Hall–Kier alpha value is -2.38. The van der Waals surface area contributed by atoms with E-state index in [0.717, 1.165) is 12.1 Å². The van der Waals surface area contributed by atoms with E-state index in [2.05, 4.69) is 10.2 Å². The number of aromatic amines is 1. The van der Waals surface area contributed by atoms with Crippen molar-refractivity contribution >= 4 is 5.91 Å². The van der Waals surface area contributed by atoms with E-state index < -0.39 is 29.7 Å². The van der Waals surface area contributed by atoms with E-state index in [4.69, 9.17) is 0 Å². The summed E-state index contributed by atoms with van der Waals surface area (Å²) in [7, 11) is 0. The Bertz CT molecular complexity index is 726. The van der Waals surface area contributed by atoms with Crippen molar-refractivity contribution < 1.29 is 22.4 Å². The van der Waals surface area contributed by atoms with Crippen LogP contribution in [0.3, 0.4) is 0 Å². The number of hydrogen-bond acceptors (Lipinski definition) is 2. The van der Waals surface area contributed by atoms with Gasteiger partial charge in [0.1, 0.15) is 17.3 Å². The van der Waals surface area contributed by atoms with Gasteiger partial charge in [-0.25, -0.2) is 17.6 Å². The molecule has 0 spiro atoms. The summed E-state index contributed by atoms with van der Waals surface area (Å²) in [4.78, 5) is 13.8. The van der Waals surface area contributed by atoms with Crippen LogP contribution in [-0.2, 0) is 6.42 Å². The normalized spacial score (nSPS) is 17.7. The number of amides is 1. The van der Waals surface area contributed by atoms with Gasteiger partial charge in [-0.1, -0.05) is 0 Å². The van der Waals surface area contributed by atoms with E-state index in [1.165, 1.54) is 17.0 Å². The van der Waals surface area contributed by atoms with Crippen LogP contribution in [0.15, 0.2) is 24.3 Å². The zero-order valence-electron chi connectivity index (χ0n) is 12.6. The number of rotatable bonds is 4. The first-order valence-electron chi connectivity index (χ1n) is 7.50. The van der Waals surface area contributed by atoms with Gasteiger partial charge in [-0.3, -0.25) is 9.89 Å². The Kier molecular flexibility index (Phi) is 4.55. The Morgan fingerprint density at radius 3 is 2.58 bits per heavy atom. The zero-order chi connectivity index (χ0) is 17.3. The first-order valence-corrected chi connectivity index (χ1v) is 7.50. The number of aromatic nitrogens is 2. The minimum atomic E-state index is -2.71. The van der Waals surface area contributed by atoms with E-state index in [-0.39, 0.29) is 11.6 Å². The van der Waals surface area contributed by atoms with E-state index in [1.54, 1.807) is 0 Å². The third-order valence-corrected chi connectivity index (χ3v) is 4.07. The molecular formula is C16H15F4N3O. The molecule has 1 saturated heterocycles. The average Bonchev–Trinajstić information content (AvgIpc) is 3.14. The molecule has 3 rings (SSSR count). The van der Waals surface area contributed by atoms with Crippen molar-refractivity contribution in [2.45, 2.75) is 19.3 Å². The van der Waals surface area contributed by atoms with Crippen LogP contribution in [-0.4, -0.2) is 34.1 Å². The second kappa shape index (κ2) is 6.62. The molecule has 1 atom stereocenters. The standard InChI is InChI=1S/C16H15F4N3O/c17-11-4-10(5-12(18)6-11)3-9-1-2-23(8-9)16(24)14-7-13(15(19)20)21-22-14/h4-7,9,15H,1-3,8H2,(H,21,22). The molecular weight excluding hydrogens is 326 g/mol. The zero-order valence-corrected chi connectivity index (χ0v) is 12.6. The molecule has 1 N–H and O–H groups in total. The maximum absolute atomic E-state index is 13.2. The van der Waals surface area contributed by atoms with Crippen molar-refractivity contribution in [2.24, 2.45) is 5.92 Å². The van der Waals surface area contributed by atoms with Gasteiger partial charge in [0.25, 0.3) is 12.3 Å². The van der Waals surface area contributed by atoms with Crippen LogP contribution in [0.2, 0.25) is 0 Å². The quantitative estimate of drug-likeness (QED) is 0.867. The fraction of sp³-hybridized carbons (Fsp3) is 0.375. The highest BCUT2D eigenvalue weighted by molar-refractivity contribution is 5.92. The third-order valence-electron chi connectivity index (χ3n) is 4.07. The summed E-state index contributed by atoms with van der Waals surface area (Å²) in [6.45, 7) is 0.853. The minimum absolute atomic E-state index is 0.0530. The van der Waals surface area contributed by atoms with Crippen molar-refractivity contribution in [3.8, 4) is 0 Å². The van der Waals surface area contributed by atoms with Crippen molar-refractivity contribution in [1.82, 2.24) is 15.1 Å². The Morgan fingerprint density at radius 1 is 1.25 bits per heavy atom. The largest absolute Gasteiger partial charge is 0.337 e. The molecule has 1 aliphatic rings. The van der Waals surface area contributed by atoms with Crippen LogP contribution in [0, 0.1) is 17.6 Å². The molecule has 0 saturated carbocycles. The lowest BCUT2D eigenvalue weighted by atomic mass is 9.98. The third kappa shape index (κ3) is 3.58. The van der Waals surface area contributed by atoms with Crippen molar-refractivity contribution in [3.05, 3.63) is 52.9 Å². The average molecular weight is 341 g/mol. The van der Waals surface area contributed by atoms with Crippen molar-refractivity contribution in [3.63, 3.8) is 0 Å². The predicted molar refractivity (Wildman–Crippen MR) is 77.6 cm³/mol. The molecule has 2 aromatic rings. The predicted octanol–water partition coefficient (Wildman–Crippen LogP) is 3.33. The lowest BCUT2D eigenvalue weighted by molar-refractivity contribution is 0.0781. The summed E-state index contributed by atoms with van der Waals surface area (Å²) >= 11 is 0. The summed E-state index contributed by atoms with van der Waals surface area (Å²) in [5.41, 5.74) is 0.0821. The number of hydrogen-bond donors (Lipinski definition) is 1. The van der Waals surface area contributed by atoms with Crippen molar-refractivity contribution in [1.29, 1.82) is 0 Å². The number of H-pyrrole nitrogens is 1. The van der Waals surface area contributed by atoms with E-state index in [0.29, 0.717) is 31.5 Å².